The maximum atomic E-state index is 13.3. The van der Waals surface area contributed by atoms with Gasteiger partial charge in [-0.2, -0.15) is 13.2 Å². The van der Waals surface area contributed by atoms with Gasteiger partial charge in [-0.3, -0.25) is 4.79 Å². The third-order valence-corrected chi connectivity index (χ3v) is 5.15. The molecule has 154 valence electrons. The van der Waals surface area contributed by atoms with Crippen LogP contribution >= 0.6 is 0 Å². The minimum atomic E-state index is -4.44. The lowest BCUT2D eigenvalue weighted by Crippen LogP contribution is -2.25. The molecule has 0 atom stereocenters. The molecular formula is C23H20F3N3O. The summed E-state index contributed by atoms with van der Waals surface area (Å²) in [5.74, 6) is -0.278. The van der Waals surface area contributed by atoms with Crippen LogP contribution in [-0.4, -0.2) is 10.9 Å². The van der Waals surface area contributed by atoms with Crippen molar-refractivity contribution in [2.45, 2.75) is 26.6 Å². The average Bonchev–Trinajstić information content (AvgIpc) is 3.12. The third-order valence-electron chi connectivity index (χ3n) is 5.15. The van der Waals surface area contributed by atoms with Crippen molar-refractivity contribution in [3.8, 4) is 0 Å². The SMILES string of the molecule is Cc1cc(C)c(C=C2C(=O)N(Cc3cccc(C(F)(F)F)c3)c3ccc(N)cc32)[nH]1. The minimum Gasteiger partial charge on any atom is -0.399 e. The number of nitrogen functional groups attached to an aromatic ring is 1. The van der Waals surface area contributed by atoms with E-state index >= 15 is 0 Å². The summed E-state index contributed by atoms with van der Waals surface area (Å²) in [7, 11) is 0. The Labute approximate surface area is 171 Å². The van der Waals surface area contributed by atoms with Crippen molar-refractivity contribution in [2.24, 2.45) is 0 Å². The Balaban J connectivity index is 1.76. The Hall–Kier alpha value is -3.48. The molecule has 0 saturated heterocycles. The van der Waals surface area contributed by atoms with Crippen LogP contribution in [-0.2, 0) is 17.5 Å². The lowest BCUT2D eigenvalue weighted by Gasteiger charge is -2.18. The highest BCUT2D eigenvalue weighted by Gasteiger charge is 2.34. The summed E-state index contributed by atoms with van der Waals surface area (Å²) in [6, 6.07) is 12.1. The Morgan fingerprint density at radius 3 is 2.53 bits per heavy atom. The van der Waals surface area contributed by atoms with Gasteiger partial charge in [0.15, 0.2) is 0 Å². The number of amides is 1. The van der Waals surface area contributed by atoms with Gasteiger partial charge >= 0.3 is 6.18 Å². The first-order chi connectivity index (χ1) is 14.1. The summed E-state index contributed by atoms with van der Waals surface area (Å²) in [5.41, 5.74) is 10.6. The zero-order chi connectivity index (χ0) is 21.6. The second-order valence-electron chi connectivity index (χ2n) is 7.47. The number of fused-ring (bicyclic) bond motifs is 1. The molecule has 7 heteroatoms. The molecule has 0 aliphatic carbocycles. The van der Waals surface area contributed by atoms with Gasteiger partial charge in [-0.25, -0.2) is 0 Å². The minimum absolute atomic E-state index is 0.0275. The first-order valence-electron chi connectivity index (χ1n) is 9.39. The molecule has 3 N–H and O–H groups in total. The Morgan fingerprint density at radius 2 is 1.87 bits per heavy atom. The fraction of sp³-hybridized carbons (Fsp3) is 0.174. The van der Waals surface area contributed by atoms with Crippen LogP contribution in [0.3, 0.4) is 0 Å². The number of hydrogen-bond acceptors (Lipinski definition) is 2. The van der Waals surface area contributed by atoms with E-state index in [1.165, 1.54) is 11.0 Å². The van der Waals surface area contributed by atoms with E-state index in [2.05, 4.69) is 4.98 Å². The number of aromatic amines is 1. The van der Waals surface area contributed by atoms with Gasteiger partial charge in [0.25, 0.3) is 5.91 Å². The number of benzene rings is 2. The van der Waals surface area contributed by atoms with Gasteiger partial charge < -0.3 is 15.6 Å². The second-order valence-corrected chi connectivity index (χ2v) is 7.47. The lowest BCUT2D eigenvalue weighted by molar-refractivity contribution is -0.137. The van der Waals surface area contributed by atoms with Gasteiger partial charge in [-0.1, -0.05) is 12.1 Å². The highest BCUT2D eigenvalue weighted by molar-refractivity contribution is 6.35. The van der Waals surface area contributed by atoms with E-state index in [0.29, 0.717) is 28.1 Å². The van der Waals surface area contributed by atoms with Crippen LogP contribution in [0.4, 0.5) is 24.5 Å². The normalized spacial score (nSPS) is 15.2. The van der Waals surface area contributed by atoms with Gasteiger partial charge in [0.05, 0.1) is 23.4 Å². The number of carbonyl (C=O) groups is 1. The summed E-state index contributed by atoms with van der Waals surface area (Å²) in [5, 5.41) is 0. The second kappa shape index (κ2) is 7.09. The Kier molecular flexibility index (Phi) is 4.68. The number of H-pyrrole nitrogens is 1. The van der Waals surface area contributed by atoms with Crippen molar-refractivity contribution in [3.63, 3.8) is 0 Å². The van der Waals surface area contributed by atoms with Gasteiger partial charge in [0.2, 0.25) is 0 Å². The number of alkyl halides is 3. The van der Waals surface area contributed by atoms with Crippen LogP contribution in [0.15, 0.2) is 48.5 Å². The van der Waals surface area contributed by atoms with E-state index < -0.39 is 11.7 Å². The van der Waals surface area contributed by atoms with E-state index in [9.17, 15) is 18.0 Å². The fourth-order valence-electron chi connectivity index (χ4n) is 3.74. The number of halogens is 3. The highest BCUT2D eigenvalue weighted by atomic mass is 19.4. The molecule has 2 heterocycles. The first-order valence-corrected chi connectivity index (χ1v) is 9.39. The van der Waals surface area contributed by atoms with E-state index in [1.807, 2.05) is 19.9 Å². The molecule has 1 aromatic heterocycles. The molecule has 1 amide bonds. The number of nitrogens with zero attached hydrogens (tertiary/aromatic N) is 1. The molecular weight excluding hydrogens is 391 g/mol. The van der Waals surface area contributed by atoms with Crippen molar-refractivity contribution < 1.29 is 18.0 Å². The molecule has 0 radical (unpaired) electrons. The van der Waals surface area contributed by atoms with Gasteiger partial charge in [0, 0.05) is 22.6 Å². The molecule has 2 aromatic carbocycles. The van der Waals surface area contributed by atoms with Crippen LogP contribution in [0, 0.1) is 13.8 Å². The Bertz CT molecular complexity index is 1170. The zero-order valence-electron chi connectivity index (χ0n) is 16.5. The van der Waals surface area contributed by atoms with Crippen LogP contribution in [0.1, 0.15) is 33.6 Å². The molecule has 0 saturated carbocycles. The van der Waals surface area contributed by atoms with Crippen molar-refractivity contribution >= 4 is 28.9 Å². The number of nitrogens with one attached hydrogen (secondary N) is 1. The number of anilines is 2. The molecule has 0 unspecified atom stereocenters. The third kappa shape index (κ3) is 3.58. The smallest absolute Gasteiger partial charge is 0.399 e. The average molecular weight is 411 g/mol. The van der Waals surface area contributed by atoms with Gasteiger partial charge in [0.1, 0.15) is 0 Å². The summed E-state index contributed by atoms with van der Waals surface area (Å²) in [6.07, 6.45) is -2.67. The molecule has 4 rings (SSSR count). The molecule has 0 spiro atoms. The molecule has 0 fully saturated rings. The summed E-state index contributed by atoms with van der Waals surface area (Å²) >= 11 is 0. The monoisotopic (exact) mass is 411 g/mol. The largest absolute Gasteiger partial charge is 0.416 e. The topological polar surface area (TPSA) is 62.1 Å². The van der Waals surface area contributed by atoms with Crippen LogP contribution in [0.2, 0.25) is 0 Å². The van der Waals surface area contributed by atoms with Crippen LogP contribution < -0.4 is 10.6 Å². The number of nitrogens with two attached hydrogens (primary N) is 1. The maximum Gasteiger partial charge on any atom is 0.416 e. The van der Waals surface area contributed by atoms with Crippen molar-refractivity contribution in [1.82, 2.24) is 4.98 Å². The predicted molar refractivity (Wildman–Crippen MR) is 112 cm³/mol. The molecule has 0 bridgehead atoms. The van der Waals surface area contributed by atoms with Crippen molar-refractivity contribution in [1.29, 1.82) is 0 Å². The lowest BCUT2D eigenvalue weighted by atomic mass is 10.0. The van der Waals surface area contributed by atoms with Crippen LogP contribution in [0.5, 0.6) is 0 Å². The zero-order valence-corrected chi connectivity index (χ0v) is 16.5. The van der Waals surface area contributed by atoms with E-state index in [0.717, 1.165) is 29.1 Å². The van der Waals surface area contributed by atoms with Crippen LogP contribution in [0.25, 0.3) is 11.6 Å². The summed E-state index contributed by atoms with van der Waals surface area (Å²) in [4.78, 5) is 18.0. The highest BCUT2D eigenvalue weighted by Crippen LogP contribution is 2.40. The Morgan fingerprint density at radius 1 is 1.10 bits per heavy atom. The standard InChI is InChI=1S/C23H20F3N3O/c1-13-8-14(2)28-20(13)11-19-18-10-17(27)6-7-21(18)29(22(19)30)12-15-4-3-5-16(9-15)23(24,25)26/h3-11,28H,12,27H2,1-2H3. The van der Waals surface area contributed by atoms with Gasteiger partial charge in [-0.05, 0) is 67.4 Å². The molecule has 4 nitrogen and oxygen atoms in total. The fourth-order valence-corrected chi connectivity index (χ4v) is 3.74. The van der Waals surface area contributed by atoms with Crippen molar-refractivity contribution in [2.75, 3.05) is 10.6 Å². The van der Waals surface area contributed by atoms with E-state index in [-0.39, 0.29) is 12.5 Å². The molecule has 1 aliphatic heterocycles. The molecule has 3 aromatic rings. The maximum absolute atomic E-state index is 13.3. The number of aryl methyl sites for hydroxylation is 2. The summed E-state index contributed by atoms with van der Waals surface area (Å²) < 4.78 is 39.2. The number of aromatic nitrogens is 1. The van der Waals surface area contributed by atoms with Gasteiger partial charge in [-0.15, -0.1) is 0 Å². The number of carbonyl (C=O) groups excluding carboxylic acids is 1. The quantitative estimate of drug-likeness (QED) is 0.453. The first kappa shape index (κ1) is 19.8. The molecule has 30 heavy (non-hydrogen) atoms. The number of hydrogen-bond donors (Lipinski definition) is 2. The van der Waals surface area contributed by atoms with Crippen molar-refractivity contribution in [3.05, 3.63) is 82.2 Å². The number of rotatable bonds is 3. The molecule has 1 aliphatic rings. The van der Waals surface area contributed by atoms with E-state index in [1.54, 1.807) is 30.3 Å². The van der Waals surface area contributed by atoms with E-state index in [4.69, 9.17) is 5.73 Å². The predicted octanol–water partition coefficient (Wildman–Crippen LogP) is 5.32. The summed E-state index contributed by atoms with van der Waals surface area (Å²) in [6.45, 7) is 3.90.